The second-order valence-corrected chi connectivity index (χ2v) is 3.90. The molecule has 0 saturated carbocycles. The molecule has 0 aromatic heterocycles. The highest BCUT2D eigenvalue weighted by atomic mass is 35.5. The fourth-order valence-electron chi connectivity index (χ4n) is 1.45. The molecular formula is C11H14ClNO2. The van der Waals surface area contributed by atoms with Crippen molar-refractivity contribution in [3.8, 4) is 5.75 Å². The molecule has 2 rings (SSSR count). The van der Waals surface area contributed by atoms with Crippen LogP contribution in [-0.2, 0) is 4.74 Å². The van der Waals surface area contributed by atoms with E-state index in [0.717, 1.165) is 30.5 Å². The fourth-order valence-corrected chi connectivity index (χ4v) is 1.57. The van der Waals surface area contributed by atoms with Gasteiger partial charge in [-0.1, -0.05) is 11.6 Å². The summed E-state index contributed by atoms with van der Waals surface area (Å²) in [6, 6.07) is 7.35. The Kier molecular flexibility index (Phi) is 3.83. The molecule has 1 fully saturated rings. The third kappa shape index (κ3) is 3.38. The lowest BCUT2D eigenvalue weighted by Gasteiger charge is -2.23. The van der Waals surface area contributed by atoms with Crippen LogP contribution in [-0.4, -0.2) is 32.4 Å². The van der Waals surface area contributed by atoms with Gasteiger partial charge in [0, 0.05) is 18.1 Å². The Morgan fingerprint density at radius 1 is 1.40 bits per heavy atom. The van der Waals surface area contributed by atoms with Crippen LogP contribution in [0.4, 0.5) is 0 Å². The first kappa shape index (κ1) is 10.7. The Morgan fingerprint density at radius 2 is 2.20 bits per heavy atom. The van der Waals surface area contributed by atoms with E-state index in [1.54, 1.807) is 0 Å². The minimum absolute atomic E-state index is 0.148. The van der Waals surface area contributed by atoms with E-state index in [-0.39, 0.29) is 6.10 Å². The van der Waals surface area contributed by atoms with Crippen LogP contribution in [0.5, 0.6) is 5.75 Å². The average molecular weight is 228 g/mol. The summed E-state index contributed by atoms with van der Waals surface area (Å²) >= 11 is 5.77. The van der Waals surface area contributed by atoms with Crippen LogP contribution in [0.2, 0.25) is 5.02 Å². The molecule has 4 heteroatoms. The van der Waals surface area contributed by atoms with Gasteiger partial charge in [-0.05, 0) is 24.3 Å². The molecule has 1 aliphatic heterocycles. The van der Waals surface area contributed by atoms with Gasteiger partial charge in [-0.3, -0.25) is 0 Å². The maximum Gasteiger partial charge on any atom is 0.119 e. The van der Waals surface area contributed by atoms with E-state index >= 15 is 0 Å². The lowest BCUT2D eigenvalue weighted by atomic mass is 10.3. The van der Waals surface area contributed by atoms with Crippen molar-refractivity contribution >= 4 is 11.6 Å². The lowest BCUT2D eigenvalue weighted by Crippen LogP contribution is -2.41. The Hall–Kier alpha value is -0.770. The lowest BCUT2D eigenvalue weighted by molar-refractivity contribution is 0.000197. The number of nitrogens with one attached hydrogen (secondary N) is 1. The molecule has 0 unspecified atom stereocenters. The van der Waals surface area contributed by atoms with Crippen LogP contribution >= 0.6 is 11.6 Å². The third-order valence-corrected chi connectivity index (χ3v) is 2.51. The first-order valence-corrected chi connectivity index (χ1v) is 5.43. The Morgan fingerprint density at radius 3 is 2.87 bits per heavy atom. The Balaban J connectivity index is 1.79. The van der Waals surface area contributed by atoms with Crippen molar-refractivity contribution in [1.82, 2.24) is 5.32 Å². The minimum atomic E-state index is 0.148. The summed E-state index contributed by atoms with van der Waals surface area (Å²) < 4.78 is 11.1. The highest BCUT2D eigenvalue weighted by Crippen LogP contribution is 2.15. The van der Waals surface area contributed by atoms with E-state index in [1.165, 1.54) is 0 Å². The van der Waals surface area contributed by atoms with E-state index in [1.807, 2.05) is 24.3 Å². The topological polar surface area (TPSA) is 30.5 Å². The fraction of sp³-hybridized carbons (Fsp3) is 0.455. The van der Waals surface area contributed by atoms with Crippen molar-refractivity contribution in [2.45, 2.75) is 6.10 Å². The van der Waals surface area contributed by atoms with Gasteiger partial charge in [0.1, 0.15) is 18.5 Å². The summed E-state index contributed by atoms with van der Waals surface area (Å²) in [6.07, 6.45) is 0.148. The molecule has 0 bridgehead atoms. The molecule has 0 amide bonds. The van der Waals surface area contributed by atoms with Crippen LogP contribution in [0.15, 0.2) is 24.3 Å². The minimum Gasteiger partial charge on any atom is -0.491 e. The van der Waals surface area contributed by atoms with Crippen molar-refractivity contribution in [3.63, 3.8) is 0 Å². The summed E-state index contributed by atoms with van der Waals surface area (Å²) in [5.74, 6) is 0.827. The molecular weight excluding hydrogens is 214 g/mol. The third-order valence-electron chi connectivity index (χ3n) is 2.25. The van der Waals surface area contributed by atoms with Gasteiger partial charge >= 0.3 is 0 Å². The molecule has 0 radical (unpaired) electrons. The van der Waals surface area contributed by atoms with Gasteiger partial charge in [-0.15, -0.1) is 0 Å². The molecule has 1 aromatic rings. The predicted octanol–water partition coefficient (Wildman–Crippen LogP) is 1.71. The highest BCUT2D eigenvalue weighted by molar-refractivity contribution is 6.30. The number of hydrogen-bond acceptors (Lipinski definition) is 3. The first-order chi connectivity index (χ1) is 7.34. The van der Waals surface area contributed by atoms with Crippen molar-refractivity contribution in [2.75, 3.05) is 26.3 Å². The van der Waals surface area contributed by atoms with Gasteiger partial charge in [0.25, 0.3) is 0 Å². The maximum atomic E-state index is 5.77. The van der Waals surface area contributed by atoms with E-state index in [0.29, 0.717) is 6.61 Å². The molecule has 3 nitrogen and oxygen atoms in total. The zero-order valence-corrected chi connectivity index (χ0v) is 9.17. The summed E-state index contributed by atoms with van der Waals surface area (Å²) in [7, 11) is 0. The number of benzene rings is 1. The number of halogens is 1. The van der Waals surface area contributed by atoms with Crippen molar-refractivity contribution in [1.29, 1.82) is 0 Å². The van der Waals surface area contributed by atoms with Gasteiger partial charge in [-0.25, -0.2) is 0 Å². The Bertz CT molecular complexity index is 296. The van der Waals surface area contributed by atoms with E-state index in [4.69, 9.17) is 21.1 Å². The number of ether oxygens (including phenoxy) is 2. The smallest absolute Gasteiger partial charge is 0.119 e. The molecule has 0 spiro atoms. The largest absolute Gasteiger partial charge is 0.491 e. The van der Waals surface area contributed by atoms with Gasteiger partial charge in [0.05, 0.1) is 6.61 Å². The molecule has 1 aromatic carbocycles. The molecule has 0 aliphatic carbocycles. The zero-order chi connectivity index (χ0) is 10.5. The predicted molar refractivity (Wildman–Crippen MR) is 59.6 cm³/mol. The standard InChI is InChI=1S/C11H14ClNO2/c12-9-1-3-10(4-2-9)15-8-11-7-13-5-6-14-11/h1-4,11,13H,5-8H2/t11-/m0/s1. The van der Waals surface area contributed by atoms with E-state index in [2.05, 4.69) is 5.32 Å². The van der Waals surface area contributed by atoms with Crippen LogP contribution in [0.1, 0.15) is 0 Å². The number of hydrogen-bond donors (Lipinski definition) is 1. The van der Waals surface area contributed by atoms with Crippen LogP contribution in [0.25, 0.3) is 0 Å². The molecule has 82 valence electrons. The van der Waals surface area contributed by atoms with Crippen molar-refractivity contribution in [2.24, 2.45) is 0 Å². The SMILES string of the molecule is Clc1ccc(OC[C@@H]2CNCCO2)cc1. The van der Waals surface area contributed by atoms with Crippen molar-refractivity contribution < 1.29 is 9.47 Å². The number of rotatable bonds is 3. The van der Waals surface area contributed by atoms with Crippen molar-refractivity contribution in [3.05, 3.63) is 29.3 Å². The maximum absolute atomic E-state index is 5.77. The van der Waals surface area contributed by atoms with Crippen LogP contribution in [0, 0.1) is 0 Å². The Labute approximate surface area is 94.3 Å². The normalized spacial score (nSPS) is 21.3. The molecule has 15 heavy (non-hydrogen) atoms. The molecule has 1 heterocycles. The van der Waals surface area contributed by atoms with Crippen LogP contribution < -0.4 is 10.1 Å². The monoisotopic (exact) mass is 227 g/mol. The average Bonchev–Trinajstić information content (AvgIpc) is 2.30. The van der Waals surface area contributed by atoms with E-state index in [9.17, 15) is 0 Å². The zero-order valence-electron chi connectivity index (χ0n) is 8.41. The van der Waals surface area contributed by atoms with Gasteiger partial charge in [-0.2, -0.15) is 0 Å². The first-order valence-electron chi connectivity index (χ1n) is 5.05. The second-order valence-electron chi connectivity index (χ2n) is 3.46. The summed E-state index contributed by atoms with van der Waals surface area (Å²) in [4.78, 5) is 0. The van der Waals surface area contributed by atoms with Gasteiger partial charge < -0.3 is 14.8 Å². The molecule has 1 N–H and O–H groups in total. The molecule has 1 atom stereocenters. The molecule has 1 aliphatic rings. The van der Waals surface area contributed by atoms with Gasteiger partial charge in [0.2, 0.25) is 0 Å². The summed E-state index contributed by atoms with van der Waals surface area (Å²) in [5, 5.41) is 3.97. The molecule has 1 saturated heterocycles. The summed E-state index contributed by atoms with van der Waals surface area (Å²) in [6.45, 7) is 3.12. The quantitative estimate of drug-likeness (QED) is 0.853. The van der Waals surface area contributed by atoms with Crippen LogP contribution in [0.3, 0.4) is 0 Å². The highest BCUT2D eigenvalue weighted by Gasteiger charge is 2.13. The van der Waals surface area contributed by atoms with Gasteiger partial charge in [0.15, 0.2) is 0 Å². The summed E-state index contributed by atoms with van der Waals surface area (Å²) in [5.41, 5.74) is 0. The van der Waals surface area contributed by atoms with E-state index < -0.39 is 0 Å². The second kappa shape index (κ2) is 5.35. The number of morpholine rings is 1.